The van der Waals surface area contributed by atoms with Crippen molar-refractivity contribution in [3.05, 3.63) is 22.3 Å². The molecule has 22 heavy (non-hydrogen) atoms. The molecule has 0 spiro atoms. The maximum atomic E-state index is 11.7. The van der Waals surface area contributed by atoms with E-state index in [0.29, 0.717) is 10.1 Å². The predicted molar refractivity (Wildman–Crippen MR) is 85.9 cm³/mol. The Kier molecular flexibility index (Phi) is 4.41. The molecular formula is C19H26O2Ti. The summed E-state index contributed by atoms with van der Waals surface area (Å²) in [5.41, 5.74) is 6.66. The molecule has 0 bridgehead atoms. The van der Waals surface area contributed by atoms with Gasteiger partial charge in [-0.15, -0.1) is 0 Å². The van der Waals surface area contributed by atoms with Crippen LogP contribution < -0.4 is 0 Å². The van der Waals surface area contributed by atoms with Crippen LogP contribution in [0, 0.1) is 18.3 Å². The van der Waals surface area contributed by atoms with E-state index in [1.807, 2.05) is 0 Å². The number of terminal acetylenes is 1. The minimum atomic E-state index is -2.73. The van der Waals surface area contributed by atoms with Gasteiger partial charge in [0.1, 0.15) is 0 Å². The van der Waals surface area contributed by atoms with Gasteiger partial charge < -0.3 is 0 Å². The zero-order valence-electron chi connectivity index (χ0n) is 14.0. The Balaban J connectivity index is 1.94. The Labute approximate surface area is 138 Å². The van der Waals surface area contributed by atoms with Crippen LogP contribution in [-0.2, 0) is 25.1 Å². The molecule has 0 amide bonds. The van der Waals surface area contributed by atoms with Crippen molar-refractivity contribution in [1.82, 2.24) is 0 Å². The fourth-order valence-corrected chi connectivity index (χ4v) is 9.18. The minimum absolute atomic E-state index is 0.457. The van der Waals surface area contributed by atoms with Gasteiger partial charge in [-0.2, -0.15) is 0 Å². The number of fused-ring (bicyclic) bond motifs is 1. The van der Waals surface area contributed by atoms with Crippen molar-refractivity contribution < 1.29 is 25.1 Å². The van der Waals surface area contributed by atoms with Crippen LogP contribution in [0.25, 0.3) is 0 Å². The normalized spacial score (nSPS) is 28.1. The molecule has 0 fully saturated rings. The molecule has 2 atom stereocenters. The van der Waals surface area contributed by atoms with E-state index in [4.69, 9.17) is 9.74 Å². The standard InChI is InChI=1S/C14H19.C3H2O2.2CH3.Ti/c1-10-11-6-2-4-8-13(11)14-9-5-3-7-12(10)14;1-2-3(4)5;;;/h6,10H,2-5,7-9H2,1H3;1H,(H,4,5);2*1H3;/q;;;;+1/p-1. The Morgan fingerprint density at radius 2 is 1.86 bits per heavy atom. The molecular weight excluding hydrogens is 308 g/mol. The third kappa shape index (κ3) is 2.64. The molecule has 2 unspecified atom stereocenters. The Morgan fingerprint density at radius 1 is 1.18 bits per heavy atom. The fourth-order valence-electron chi connectivity index (χ4n) is 4.88. The first-order valence-electron chi connectivity index (χ1n) is 8.60. The SMILES string of the molecule is C#CC(=O)[O][Ti]([CH3])([CH3])[CH]1CCCC2=C1C(C)C1=C2CCCC1. The molecule has 3 heteroatoms. The number of hydrogen-bond acceptors (Lipinski definition) is 2. The predicted octanol–water partition coefficient (Wildman–Crippen LogP) is 5.12. The van der Waals surface area contributed by atoms with E-state index in [9.17, 15) is 4.79 Å². The van der Waals surface area contributed by atoms with Gasteiger partial charge >= 0.3 is 138 Å². The number of carbonyl (C=O) groups is 1. The summed E-state index contributed by atoms with van der Waals surface area (Å²) in [5.74, 6) is 2.26. The summed E-state index contributed by atoms with van der Waals surface area (Å²) in [7, 11) is 0. The van der Waals surface area contributed by atoms with Crippen molar-refractivity contribution in [3.8, 4) is 12.3 Å². The molecule has 2 nitrogen and oxygen atoms in total. The average molecular weight is 334 g/mol. The quantitative estimate of drug-likeness (QED) is 0.518. The molecule has 0 heterocycles. The van der Waals surface area contributed by atoms with Gasteiger partial charge in [0.15, 0.2) is 0 Å². The van der Waals surface area contributed by atoms with Crippen molar-refractivity contribution in [2.75, 3.05) is 0 Å². The summed E-state index contributed by atoms with van der Waals surface area (Å²) in [6.07, 6.45) is 14.1. The summed E-state index contributed by atoms with van der Waals surface area (Å²) in [6, 6.07) is 0. The molecule has 0 aromatic rings. The van der Waals surface area contributed by atoms with Gasteiger partial charge in [-0.05, 0) is 0 Å². The molecule has 0 saturated carbocycles. The zero-order chi connectivity index (χ0) is 15.9. The number of hydrogen-bond donors (Lipinski definition) is 0. The Bertz CT molecular complexity index is 603. The summed E-state index contributed by atoms with van der Waals surface area (Å²) in [6.45, 7) is 2.38. The van der Waals surface area contributed by atoms with Crippen LogP contribution in [0.1, 0.15) is 51.9 Å². The van der Waals surface area contributed by atoms with Gasteiger partial charge in [-0.3, -0.25) is 0 Å². The molecule has 0 aromatic carbocycles. The molecule has 118 valence electrons. The van der Waals surface area contributed by atoms with Gasteiger partial charge in [0.25, 0.3) is 0 Å². The number of allylic oxidation sites excluding steroid dienone is 4. The first-order chi connectivity index (χ1) is 10.5. The zero-order valence-corrected chi connectivity index (χ0v) is 15.6. The van der Waals surface area contributed by atoms with Gasteiger partial charge in [0.2, 0.25) is 0 Å². The second-order valence-electron chi connectivity index (χ2n) is 7.45. The van der Waals surface area contributed by atoms with Crippen molar-refractivity contribution in [1.29, 1.82) is 0 Å². The third-order valence-corrected chi connectivity index (χ3v) is 10.5. The van der Waals surface area contributed by atoms with E-state index in [1.165, 1.54) is 44.9 Å². The number of carbonyl (C=O) groups excluding carboxylic acids is 1. The number of rotatable bonds is 2. The van der Waals surface area contributed by atoms with Crippen LogP contribution >= 0.6 is 0 Å². The molecule has 0 aromatic heterocycles. The fraction of sp³-hybridized carbons (Fsp3) is 0.632. The summed E-state index contributed by atoms with van der Waals surface area (Å²) < 4.78 is 6.28. The molecule has 0 saturated heterocycles. The first-order valence-corrected chi connectivity index (χ1v) is 13.3. The van der Waals surface area contributed by atoms with Gasteiger partial charge in [-0.1, -0.05) is 0 Å². The van der Waals surface area contributed by atoms with E-state index in [2.05, 4.69) is 23.3 Å². The van der Waals surface area contributed by atoms with E-state index >= 15 is 0 Å². The second kappa shape index (κ2) is 6.02. The van der Waals surface area contributed by atoms with Crippen molar-refractivity contribution >= 4 is 5.97 Å². The van der Waals surface area contributed by atoms with Crippen LogP contribution in [0.5, 0.6) is 0 Å². The van der Waals surface area contributed by atoms with Gasteiger partial charge in [-0.25, -0.2) is 0 Å². The Hall–Kier alpha value is -0.776. The van der Waals surface area contributed by atoms with Crippen LogP contribution in [0.2, 0.25) is 14.7 Å². The van der Waals surface area contributed by atoms with Crippen molar-refractivity contribution in [2.45, 2.75) is 66.5 Å². The summed E-state index contributed by atoms with van der Waals surface area (Å²) >= 11 is -2.73. The van der Waals surface area contributed by atoms with E-state index < -0.39 is 22.9 Å². The molecule has 3 aliphatic carbocycles. The van der Waals surface area contributed by atoms with Crippen LogP contribution in [0.4, 0.5) is 0 Å². The molecule has 0 N–H and O–H groups in total. The second-order valence-corrected chi connectivity index (χ2v) is 13.9. The average Bonchev–Trinajstić information content (AvgIpc) is 2.80. The summed E-state index contributed by atoms with van der Waals surface area (Å²) in [5, 5.41) is 4.42. The van der Waals surface area contributed by atoms with E-state index in [1.54, 1.807) is 22.3 Å². The third-order valence-electron chi connectivity index (χ3n) is 5.82. The van der Waals surface area contributed by atoms with E-state index in [-0.39, 0.29) is 0 Å². The van der Waals surface area contributed by atoms with Crippen LogP contribution in [0.15, 0.2) is 22.3 Å². The monoisotopic (exact) mass is 334 g/mol. The first kappa shape index (κ1) is 16.1. The topological polar surface area (TPSA) is 26.3 Å². The van der Waals surface area contributed by atoms with Crippen molar-refractivity contribution in [2.24, 2.45) is 5.92 Å². The van der Waals surface area contributed by atoms with Crippen LogP contribution in [0.3, 0.4) is 0 Å². The molecule has 0 aliphatic heterocycles. The van der Waals surface area contributed by atoms with Gasteiger partial charge in [0, 0.05) is 0 Å². The summed E-state index contributed by atoms with van der Waals surface area (Å²) in [4.78, 5) is 11.7. The molecule has 3 aliphatic rings. The molecule has 3 rings (SSSR count). The maximum absolute atomic E-state index is 11.7. The Morgan fingerprint density at radius 3 is 2.59 bits per heavy atom. The van der Waals surface area contributed by atoms with Crippen LogP contribution in [-0.4, -0.2) is 5.97 Å². The van der Waals surface area contributed by atoms with Gasteiger partial charge in [0.05, 0.1) is 0 Å². The van der Waals surface area contributed by atoms with E-state index in [0.717, 1.165) is 0 Å². The molecule has 0 radical (unpaired) electrons. The van der Waals surface area contributed by atoms with Crippen molar-refractivity contribution in [3.63, 3.8) is 0 Å².